The molecule has 0 aromatic heterocycles. The van der Waals surface area contributed by atoms with Crippen LogP contribution in [0.25, 0.3) is 0 Å². The van der Waals surface area contributed by atoms with E-state index in [9.17, 15) is 13.6 Å². The maximum absolute atomic E-state index is 13.5. The third-order valence-corrected chi connectivity index (χ3v) is 3.28. The van der Waals surface area contributed by atoms with Gasteiger partial charge in [-0.25, -0.2) is 8.78 Å². The summed E-state index contributed by atoms with van der Waals surface area (Å²) in [5.41, 5.74) is -0.261. The Morgan fingerprint density at radius 3 is 2.59 bits per heavy atom. The molecule has 22 heavy (non-hydrogen) atoms. The van der Waals surface area contributed by atoms with Crippen LogP contribution in [0.15, 0.2) is 36.4 Å². The van der Waals surface area contributed by atoms with Gasteiger partial charge in [-0.15, -0.1) is 0 Å². The standard InChI is InChI=1S/C15H11Cl2F2NO2/c1-8(22-14-5-2-9(16)6-11(14)17)15(21)20-13-7-10(18)3-4-12(13)19/h2-8H,1H3,(H,20,21)/t8-/m0/s1. The molecule has 2 aromatic rings. The number of rotatable bonds is 4. The lowest BCUT2D eigenvalue weighted by Crippen LogP contribution is -2.30. The summed E-state index contributed by atoms with van der Waals surface area (Å²) in [5.74, 6) is -1.79. The van der Waals surface area contributed by atoms with E-state index in [-0.39, 0.29) is 16.5 Å². The minimum atomic E-state index is -0.971. The quantitative estimate of drug-likeness (QED) is 0.873. The number of amides is 1. The van der Waals surface area contributed by atoms with Gasteiger partial charge in [-0.1, -0.05) is 23.2 Å². The molecule has 7 heteroatoms. The zero-order valence-electron chi connectivity index (χ0n) is 11.4. The highest BCUT2D eigenvalue weighted by Gasteiger charge is 2.18. The minimum Gasteiger partial charge on any atom is -0.479 e. The smallest absolute Gasteiger partial charge is 0.265 e. The molecule has 0 saturated carbocycles. The molecule has 1 N–H and O–H groups in total. The Morgan fingerprint density at radius 2 is 1.91 bits per heavy atom. The van der Waals surface area contributed by atoms with E-state index in [0.717, 1.165) is 18.2 Å². The molecule has 0 unspecified atom stereocenters. The Bertz CT molecular complexity index is 710. The third-order valence-electron chi connectivity index (χ3n) is 2.75. The van der Waals surface area contributed by atoms with Gasteiger partial charge in [0.05, 0.1) is 10.7 Å². The second-order valence-corrected chi connectivity index (χ2v) is 5.29. The van der Waals surface area contributed by atoms with Gasteiger partial charge in [0.15, 0.2) is 6.10 Å². The monoisotopic (exact) mass is 345 g/mol. The summed E-state index contributed by atoms with van der Waals surface area (Å²) >= 11 is 11.7. The van der Waals surface area contributed by atoms with Crippen LogP contribution in [0.1, 0.15) is 6.92 Å². The predicted molar refractivity (Wildman–Crippen MR) is 81.5 cm³/mol. The highest BCUT2D eigenvalue weighted by atomic mass is 35.5. The fraction of sp³-hybridized carbons (Fsp3) is 0.133. The summed E-state index contributed by atoms with van der Waals surface area (Å²) in [6.45, 7) is 1.46. The van der Waals surface area contributed by atoms with Crippen molar-refractivity contribution in [2.75, 3.05) is 5.32 Å². The molecule has 116 valence electrons. The first-order chi connectivity index (χ1) is 10.4. The van der Waals surface area contributed by atoms with Gasteiger partial charge in [-0.05, 0) is 37.3 Å². The SMILES string of the molecule is C[C@H](Oc1ccc(Cl)cc1Cl)C(=O)Nc1cc(F)ccc1F. The van der Waals surface area contributed by atoms with Crippen LogP contribution in [-0.4, -0.2) is 12.0 Å². The normalized spacial score (nSPS) is 11.9. The van der Waals surface area contributed by atoms with Crippen LogP contribution in [-0.2, 0) is 4.79 Å². The summed E-state index contributed by atoms with van der Waals surface area (Å²) in [6, 6.07) is 7.30. The van der Waals surface area contributed by atoms with E-state index in [2.05, 4.69) is 5.32 Å². The summed E-state index contributed by atoms with van der Waals surface area (Å²) in [5, 5.41) is 2.92. The number of benzene rings is 2. The lowest BCUT2D eigenvalue weighted by Gasteiger charge is -2.16. The van der Waals surface area contributed by atoms with Crippen LogP contribution in [0.5, 0.6) is 5.75 Å². The summed E-state index contributed by atoms with van der Waals surface area (Å²) < 4.78 is 31.9. The molecule has 2 aromatic carbocycles. The number of ether oxygens (including phenoxy) is 1. The highest BCUT2D eigenvalue weighted by Crippen LogP contribution is 2.28. The molecule has 0 aliphatic rings. The van der Waals surface area contributed by atoms with Gasteiger partial charge in [0.25, 0.3) is 5.91 Å². The van der Waals surface area contributed by atoms with Gasteiger partial charge in [0, 0.05) is 11.1 Å². The molecular formula is C15H11Cl2F2NO2. The van der Waals surface area contributed by atoms with Crippen LogP contribution in [0, 0.1) is 11.6 Å². The minimum absolute atomic E-state index is 0.240. The summed E-state index contributed by atoms with van der Waals surface area (Å²) in [6.07, 6.45) is -0.971. The van der Waals surface area contributed by atoms with Crippen molar-refractivity contribution in [1.82, 2.24) is 0 Å². The van der Waals surface area contributed by atoms with Gasteiger partial charge in [0.1, 0.15) is 17.4 Å². The molecule has 3 nitrogen and oxygen atoms in total. The number of hydrogen-bond acceptors (Lipinski definition) is 2. The molecule has 0 fully saturated rings. The third kappa shape index (κ3) is 4.08. The van der Waals surface area contributed by atoms with Crippen molar-refractivity contribution in [2.24, 2.45) is 0 Å². The number of hydrogen-bond donors (Lipinski definition) is 1. The molecule has 0 radical (unpaired) electrons. The topological polar surface area (TPSA) is 38.3 Å². The average Bonchev–Trinajstić information content (AvgIpc) is 2.45. The fourth-order valence-electron chi connectivity index (χ4n) is 1.64. The maximum atomic E-state index is 13.5. The van der Waals surface area contributed by atoms with Crippen LogP contribution < -0.4 is 10.1 Å². The maximum Gasteiger partial charge on any atom is 0.265 e. The molecule has 0 spiro atoms. The van der Waals surface area contributed by atoms with Gasteiger partial charge in [0.2, 0.25) is 0 Å². The van der Waals surface area contributed by atoms with E-state index in [1.54, 1.807) is 6.07 Å². The van der Waals surface area contributed by atoms with Crippen LogP contribution in [0.4, 0.5) is 14.5 Å². The molecule has 2 rings (SSSR count). The summed E-state index contributed by atoms with van der Waals surface area (Å²) in [7, 11) is 0. The number of carbonyl (C=O) groups is 1. The highest BCUT2D eigenvalue weighted by molar-refractivity contribution is 6.35. The van der Waals surface area contributed by atoms with E-state index in [1.165, 1.54) is 19.1 Å². The second kappa shape index (κ2) is 6.94. The molecule has 0 heterocycles. The lowest BCUT2D eigenvalue weighted by molar-refractivity contribution is -0.122. The van der Waals surface area contributed by atoms with Crippen LogP contribution in [0.2, 0.25) is 10.0 Å². The molecule has 0 saturated heterocycles. The molecule has 1 atom stereocenters. The zero-order chi connectivity index (χ0) is 16.3. The first-order valence-electron chi connectivity index (χ1n) is 6.24. The number of anilines is 1. The van der Waals surface area contributed by atoms with E-state index in [4.69, 9.17) is 27.9 Å². The average molecular weight is 346 g/mol. The molecule has 1 amide bonds. The molecule has 0 aliphatic carbocycles. The summed E-state index contributed by atoms with van der Waals surface area (Å²) in [4.78, 5) is 12.0. The van der Waals surface area contributed by atoms with E-state index >= 15 is 0 Å². The van der Waals surface area contributed by atoms with Crippen molar-refractivity contribution in [3.63, 3.8) is 0 Å². The van der Waals surface area contributed by atoms with Crippen molar-refractivity contribution in [3.8, 4) is 5.75 Å². The lowest BCUT2D eigenvalue weighted by atomic mass is 10.2. The Labute approximate surface area is 135 Å². The van der Waals surface area contributed by atoms with E-state index in [1.807, 2.05) is 0 Å². The predicted octanol–water partition coefficient (Wildman–Crippen LogP) is 4.68. The molecule has 0 aliphatic heterocycles. The first kappa shape index (κ1) is 16.5. The van der Waals surface area contributed by atoms with Crippen LogP contribution >= 0.6 is 23.2 Å². The van der Waals surface area contributed by atoms with Crippen molar-refractivity contribution < 1.29 is 18.3 Å². The number of halogens is 4. The Morgan fingerprint density at radius 1 is 1.18 bits per heavy atom. The Balaban J connectivity index is 2.07. The van der Waals surface area contributed by atoms with E-state index in [0.29, 0.717) is 5.02 Å². The molecular weight excluding hydrogens is 335 g/mol. The van der Waals surface area contributed by atoms with E-state index < -0.39 is 23.6 Å². The van der Waals surface area contributed by atoms with Crippen molar-refractivity contribution in [1.29, 1.82) is 0 Å². The van der Waals surface area contributed by atoms with Crippen molar-refractivity contribution in [3.05, 3.63) is 58.1 Å². The second-order valence-electron chi connectivity index (χ2n) is 4.45. The largest absolute Gasteiger partial charge is 0.479 e. The fourth-order valence-corrected chi connectivity index (χ4v) is 2.10. The van der Waals surface area contributed by atoms with Crippen molar-refractivity contribution in [2.45, 2.75) is 13.0 Å². The van der Waals surface area contributed by atoms with Crippen LogP contribution in [0.3, 0.4) is 0 Å². The van der Waals surface area contributed by atoms with Gasteiger partial charge >= 0.3 is 0 Å². The van der Waals surface area contributed by atoms with Gasteiger partial charge < -0.3 is 10.1 Å². The Kier molecular flexibility index (Phi) is 5.21. The van der Waals surface area contributed by atoms with Gasteiger partial charge in [-0.3, -0.25) is 4.79 Å². The van der Waals surface area contributed by atoms with Crippen molar-refractivity contribution >= 4 is 34.8 Å². The zero-order valence-corrected chi connectivity index (χ0v) is 12.9. The van der Waals surface area contributed by atoms with Gasteiger partial charge in [-0.2, -0.15) is 0 Å². The first-order valence-corrected chi connectivity index (χ1v) is 7.00. The number of carbonyl (C=O) groups excluding carboxylic acids is 1. The Hall–Kier alpha value is -1.85. The molecule has 0 bridgehead atoms. The number of nitrogens with one attached hydrogen (secondary N) is 1.